The first-order chi connectivity index (χ1) is 29.3. The lowest BCUT2D eigenvalue weighted by molar-refractivity contribution is 0.623. The molecule has 0 aliphatic heterocycles. The van der Waals surface area contributed by atoms with E-state index in [-0.39, 0.29) is 0 Å². The SMILES string of the molecule is c1ccc(-c2nc3ccc4c(-c5cccc6ccccc56)cc5ccc(N(c6ccccc6)c6cccc7c8ccccc8n(-c8ccccc8)c67)cc5c4c3o2)cc1. The lowest BCUT2D eigenvalue weighted by Gasteiger charge is -2.27. The Kier molecular flexibility index (Phi) is 7.50. The van der Waals surface area contributed by atoms with Crippen LogP contribution in [0.5, 0.6) is 0 Å². The van der Waals surface area contributed by atoms with Crippen LogP contribution in [0.2, 0.25) is 0 Å². The third kappa shape index (κ3) is 5.27. The van der Waals surface area contributed by atoms with Crippen LogP contribution in [0.4, 0.5) is 17.1 Å². The fourth-order valence-corrected chi connectivity index (χ4v) is 9.16. The molecule has 2 heterocycles. The van der Waals surface area contributed by atoms with Crippen molar-refractivity contribution in [1.82, 2.24) is 9.55 Å². The first-order valence-corrected chi connectivity index (χ1v) is 20.0. The third-order valence-corrected chi connectivity index (χ3v) is 11.8. The molecule has 2 aromatic heterocycles. The average molecular weight is 754 g/mol. The van der Waals surface area contributed by atoms with Crippen LogP contribution in [0.3, 0.4) is 0 Å². The van der Waals surface area contributed by atoms with Crippen molar-refractivity contribution < 1.29 is 4.42 Å². The van der Waals surface area contributed by atoms with Crippen LogP contribution >= 0.6 is 0 Å². The second-order valence-electron chi connectivity index (χ2n) is 15.1. The summed E-state index contributed by atoms with van der Waals surface area (Å²) in [5.41, 5.74) is 11.5. The Morgan fingerprint density at radius 1 is 0.441 bits per heavy atom. The zero-order valence-electron chi connectivity index (χ0n) is 32.0. The normalized spacial score (nSPS) is 11.7. The predicted molar refractivity (Wildman–Crippen MR) is 246 cm³/mol. The molecule has 0 spiro atoms. The van der Waals surface area contributed by atoms with Crippen molar-refractivity contribution in [3.63, 3.8) is 0 Å². The average Bonchev–Trinajstić information content (AvgIpc) is 3.90. The lowest BCUT2D eigenvalue weighted by atomic mass is 9.90. The maximum atomic E-state index is 6.85. The highest BCUT2D eigenvalue weighted by Crippen LogP contribution is 2.47. The number of hydrogen-bond acceptors (Lipinski definition) is 3. The van der Waals surface area contributed by atoms with Crippen molar-refractivity contribution in [1.29, 1.82) is 0 Å². The quantitative estimate of drug-likeness (QED) is 0.159. The topological polar surface area (TPSA) is 34.2 Å². The van der Waals surface area contributed by atoms with Crippen LogP contribution < -0.4 is 4.90 Å². The van der Waals surface area contributed by atoms with Crippen molar-refractivity contribution in [2.24, 2.45) is 0 Å². The highest BCUT2D eigenvalue weighted by atomic mass is 16.3. The molecule has 0 bridgehead atoms. The summed E-state index contributed by atoms with van der Waals surface area (Å²) in [7, 11) is 0. The van der Waals surface area contributed by atoms with Gasteiger partial charge in [-0.25, -0.2) is 4.98 Å². The minimum Gasteiger partial charge on any atom is -0.435 e. The Balaban J connectivity index is 1.18. The molecule has 0 fully saturated rings. The van der Waals surface area contributed by atoms with Crippen LogP contribution in [0, 0.1) is 0 Å². The Bertz CT molecular complexity index is 3550. The predicted octanol–water partition coefficient (Wildman–Crippen LogP) is 15.2. The first kappa shape index (κ1) is 33.2. The van der Waals surface area contributed by atoms with Gasteiger partial charge in [-0.05, 0) is 111 Å². The van der Waals surface area contributed by atoms with Crippen molar-refractivity contribution in [2.45, 2.75) is 0 Å². The summed E-state index contributed by atoms with van der Waals surface area (Å²) in [5.74, 6) is 0.610. The van der Waals surface area contributed by atoms with Gasteiger partial charge < -0.3 is 13.9 Å². The van der Waals surface area contributed by atoms with E-state index in [0.717, 1.165) is 72.0 Å². The Labute approximate surface area is 340 Å². The molecule has 4 nitrogen and oxygen atoms in total. The highest BCUT2D eigenvalue weighted by Gasteiger charge is 2.23. The smallest absolute Gasteiger partial charge is 0.227 e. The molecule has 0 aliphatic carbocycles. The van der Waals surface area contributed by atoms with E-state index in [1.807, 2.05) is 18.2 Å². The Morgan fingerprint density at radius 3 is 1.98 bits per heavy atom. The summed E-state index contributed by atoms with van der Waals surface area (Å²) in [5, 5.41) is 9.22. The van der Waals surface area contributed by atoms with Crippen LogP contribution in [-0.2, 0) is 0 Å². The van der Waals surface area contributed by atoms with Gasteiger partial charge in [-0.1, -0.05) is 140 Å². The van der Waals surface area contributed by atoms with E-state index < -0.39 is 0 Å². The molecule has 10 aromatic carbocycles. The number of anilines is 3. The molecule has 12 rings (SSSR count). The number of fused-ring (bicyclic) bond motifs is 9. The van der Waals surface area contributed by atoms with Crippen LogP contribution in [0.25, 0.3) is 93.5 Å². The number of nitrogens with zero attached hydrogens (tertiary/aromatic N) is 3. The van der Waals surface area contributed by atoms with E-state index in [0.29, 0.717) is 5.89 Å². The molecule has 0 N–H and O–H groups in total. The summed E-state index contributed by atoms with van der Waals surface area (Å²) < 4.78 is 9.26. The van der Waals surface area contributed by atoms with Crippen molar-refractivity contribution in [3.05, 3.63) is 212 Å². The summed E-state index contributed by atoms with van der Waals surface area (Å²) in [6.07, 6.45) is 0. The van der Waals surface area contributed by atoms with Crippen molar-refractivity contribution >= 4 is 82.3 Å². The van der Waals surface area contributed by atoms with E-state index in [9.17, 15) is 0 Å². The maximum Gasteiger partial charge on any atom is 0.227 e. The molecule has 0 unspecified atom stereocenters. The van der Waals surface area contributed by atoms with Gasteiger partial charge >= 0.3 is 0 Å². The van der Waals surface area contributed by atoms with Gasteiger partial charge in [0, 0.05) is 38.8 Å². The molecule has 59 heavy (non-hydrogen) atoms. The van der Waals surface area contributed by atoms with Gasteiger partial charge in [0.05, 0.1) is 16.7 Å². The zero-order valence-corrected chi connectivity index (χ0v) is 32.0. The molecule has 0 amide bonds. The monoisotopic (exact) mass is 753 g/mol. The minimum absolute atomic E-state index is 0.610. The van der Waals surface area contributed by atoms with E-state index in [2.05, 4.69) is 204 Å². The van der Waals surface area contributed by atoms with E-state index >= 15 is 0 Å². The van der Waals surface area contributed by atoms with Crippen LogP contribution in [0.1, 0.15) is 0 Å². The second kappa shape index (κ2) is 13.3. The summed E-state index contributed by atoms with van der Waals surface area (Å²) in [4.78, 5) is 7.46. The number of aromatic nitrogens is 2. The van der Waals surface area contributed by atoms with Gasteiger partial charge in [0.1, 0.15) is 5.52 Å². The zero-order chi connectivity index (χ0) is 38.9. The van der Waals surface area contributed by atoms with E-state index in [1.165, 1.54) is 32.6 Å². The molecule has 0 atom stereocenters. The number of hydrogen-bond donors (Lipinski definition) is 0. The highest BCUT2D eigenvalue weighted by molar-refractivity contribution is 6.24. The fraction of sp³-hybridized carbons (Fsp3) is 0. The molecule has 0 saturated carbocycles. The molecule has 0 aliphatic rings. The number of benzene rings is 10. The van der Waals surface area contributed by atoms with Gasteiger partial charge in [0.2, 0.25) is 5.89 Å². The van der Waals surface area contributed by atoms with Gasteiger partial charge in [0.15, 0.2) is 5.58 Å². The van der Waals surface area contributed by atoms with Gasteiger partial charge in [-0.15, -0.1) is 0 Å². The summed E-state index contributed by atoms with van der Waals surface area (Å²) in [6.45, 7) is 0. The summed E-state index contributed by atoms with van der Waals surface area (Å²) in [6, 6.07) is 75.7. The molecule has 276 valence electrons. The van der Waals surface area contributed by atoms with E-state index in [4.69, 9.17) is 9.40 Å². The Hall–Kier alpha value is -7.95. The first-order valence-electron chi connectivity index (χ1n) is 20.0. The van der Waals surface area contributed by atoms with Crippen LogP contribution in [0.15, 0.2) is 217 Å². The molecular formula is C55H35N3O. The van der Waals surface area contributed by atoms with Gasteiger partial charge in [-0.3, -0.25) is 0 Å². The van der Waals surface area contributed by atoms with Gasteiger partial charge in [0.25, 0.3) is 0 Å². The van der Waals surface area contributed by atoms with E-state index in [1.54, 1.807) is 0 Å². The standard InChI is InChI=1S/C55H35N3O/c1-4-17-37(18-5-1)55-56-49-33-32-45-48(43-26-14-19-36-16-10-11-24-42(36)43)34-38-30-31-41(35-47(38)52(45)54(49)59-55)57(39-20-6-2-7-21-39)51-29-15-27-46-44-25-12-13-28-50(44)58(53(46)51)40-22-8-3-9-23-40/h1-35H. The van der Waals surface area contributed by atoms with Gasteiger partial charge in [-0.2, -0.15) is 0 Å². The lowest BCUT2D eigenvalue weighted by Crippen LogP contribution is -2.11. The fourth-order valence-electron chi connectivity index (χ4n) is 9.16. The number of para-hydroxylation sites is 4. The molecule has 0 saturated heterocycles. The van der Waals surface area contributed by atoms with Crippen molar-refractivity contribution in [2.75, 3.05) is 4.90 Å². The Morgan fingerprint density at radius 2 is 1.14 bits per heavy atom. The molecule has 0 radical (unpaired) electrons. The largest absolute Gasteiger partial charge is 0.435 e. The summed E-state index contributed by atoms with van der Waals surface area (Å²) >= 11 is 0. The molecular weight excluding hydrogens is 719 g/mol. The second-order valence-corrected chi connectivity index (χ2v) is 15.1. The number of oxazole rings is 1. The number of rotatable bonds is 6. The minimum atomic E-state index is 0.610. The maximum absolute atomic E-state index is 6.85. The van der Waals surface area contributed by atoms with Crippen LogP contribution in [-0.4, -0.2) is 9.55 Å². The molecule has 12 aromatic rings. The third-order valence-electron chi connectivity index (χ3n) is 11.8. The van der Waals surface area contributed by atoms with Crippen molar-refractivity contribution in [3.8, 4) is 28.3 Å². The molecule has 4 heteroatoms.